The largest absolute Gasteiger partial charge is 0.323 e. The van der Waals surface area contributed by atoms with Crippen molar-refractivity contribution in [2.75, 3.05) is 0 Å². The molecule has 0 atom stereocenters. The fourth-order valence-corrected chi connectivity index (χ4v) is 0. The standard InChI is InChI=1S/4C4H9.Cu/c4*1-4(2)3;/h4*1-3H3;/q4*-1;. The molecule has 0 aliphatic heterocycles. The topological polar surface area (TPSA) is 0 Å². The molecule has 1 heteroatoms. The molecule has 0 nitrogen and oxygen atoms in total. The van der Waals surface area contributed by atoms with E-state index in [0.717, 1.165) is 0 Å². The summed E-state index contributed by atoms with van der Waals surface area (Å²) in [7, 11) is 0. The van der Waals surface area contributed by atoms with Crippen LogP contribution in [0.1, 0.15) is 83.1 Å². The molecule has 0 aromatic carbocycles. The van der Waals surface area contributed by atoms with Gasteiger partial charge in [0.1, 0.15) is 0 Å². The Morgan fingerprint density at radius 2 is 0.294 bits per heavy atom. The van der Waals surface area contributed by atoms with Gasteiger partial charge in [-0.1, -0.05) is 0 Å². The van der Waals surface area contributed by atoms with Crippen molar-refractivity contribution in [3.8, 4) is 0 Å². The van der Waals surface area contributed by atoms with Gasteiger partial charge in [-0.2, -0.15) is 83.1 Å². The zero-order valence-corrected chi connectivity index (χ0v) is 15.2. The molecular weight excluding hydrogens is 256 g/mol. The first-order valence-corrected chi connectivity index (χ1v) is 6.00. The molecule has 0 bridgehead atoms. The fourth-order valence-electron chi connectivity index (χ4n) is 0. The molecule has 0 amide bonds. The molecule has 0 N–H and O–H groups in total. The Hall–Kier alpha value is 0.519. The summed E-state index contributed by atoms with van der Waals surface area (Å²) in [5.41, 5.74) is 0. The summed E-state index contributed by atoms with van der Waals surface area (Å²) in [6.07, 6.45) is 0. The van der Waals surface area contributed by atoms with Crippen molar-refractivity contribution in [1.82, 2.24) is 0 Å². The van der Waals surface area contributed by atoms with Gasteiger partial charge in [-0.15, -0.1) is 0 Å². The molecule has 0 aliphatic rings. The van der Waals surface area contributed by atoms with Gasteiger partial charge in [0.25, 0.3) is 0 Å². The zero-order valence-electron chi connectivity index (χ0n) is 14.3. The second-order valence-corrected chi connectivity index (χ2v) is 6.00. The SMILES string of the molecule is C[C-](C)C.C[C-](C)C.C[C-](C)C.C[C-](C)C.[Cu]. The van der Waals surface area contributed by atoms with E-state index in [9.17, 15) is 0 Å². The zero-order chi connectivity index (χ0) is 14.3. The average Bonchev–Trinajstić information content (AvgIpc) is 1.76. The van der Waals surface area contributed by atoms with Gasteiger partial charge in [0.15, 0.2) is 0 Å². The van der Waals surface area contributed by atoms with Gasteiger partial charge in [-0.05, 0) is 0 Å². The first kappa shape index (κ1) is 30.5. The molecule has 0 unspecified atom stereocenters. The van der Waals surface area contributed by atoms with Crippen molar-refractivity contribution in [2.45, 2.75) is 83.1 Å². The normalized spacial score (nSPS) is 8.47. The summed E-state index contributed by atoms with van der Waals surface area (Å²) < 4.78 is 0. The summed E-state index contributed by atoms with van der Waals surface area (Å²) in [5, 5.41) is 0. The molecule has 0 aromatic rings. The first-order valence-electron chi connectivity index (χ1n) is 6.00. The van der Waals surface area contributed by atoms with Gasteiger partial charge < -0.3 is 23.7 Å². The van der Waals surface area contributed by atoms with Crippen LogP contribution >= 0.6 is 0 Å². The molecular formula is C16H36Cu-4. The molecule has 115 valence electrons. The first-order chi connectivity index (χ1) is 6.93. The van der Waals surface area contributed by atoms with Crippen molar-refractivity contribution >= 4 is 0 Å². The summed E-state index contributed by atoms with van der Waals surface area (Å²) >= 11 is 0. The van der Waals surface area contributed by atoms with Gasteiger partial charge in [-0.3, -0.25) is 0 Å². The Morgan fingerprint density at radius 3 is 0.294 bits per heavy atom. The molecule has 0 rings (SSSR count). The molecule has 0 spiro atoms. The predicted octanol–water partition coefficient (Wildman–Crippen LogP) is 6.48. The minimum Gasteiger partial charge on any atom is -0.323 e. The second kappa shape index (κ2) is 25.4. The maximum absolute atomic E-state index is 2.08. The molecule has 0 fully saturated rings. The second-order valence-electron chi connectivity index (χ2n) is 6.00. The van der Waals surface area contributed by atoms with Crippen molar-refractivity contribution in [3.63, 3.8) is 0 Å². The number of hydrogen-bond donors (Lipinski definition) is 0. The maximum atomic E-state index is 2.08. The Labute approximate surface area is 124 Å². The van der Waals surface area contributed by atoms with Crippen LogP contribution in [0.25, 0.3) is 0 Å². The molecule has 0 heterocycles. The van der Waals surface area contributed by atoms with E-state index in [2.05, 4.69) is 83.1 Å². The third kappa shape index (κ3) is 12900. The summed E-state index contributed by atoms with van der Waals surface area (Å²) in [6.45, 7) is 25.0. The van der Waals surface area contributed by atoms with Crippen LogP contribution in [0.15, 0.2) is 0 Å². The van der Waals surface area contributed by atoms with Crippen molar-refractivity contribution in [3.05, 3.63) is 23.7 Å². The van der Waals surface area contributed by atoms with E-state index in [-0.39, 0.29) is 17.1 Å². The van der Waals surface area contributed by atoms with Crippen molar-refractivity contribution < 1.29 is 17.1 Å². The number of rotatable bonds is 0. The van der Waals surface area contributed by atoms with Crippen LogP contribution in [0.5, 0.6) is 0 Å². The van der Waals surface area contributed by atoms with Gasteiger partial charge >= 0.3 is 0 Å². The van der Waals surface area contributed by atoms with Crippen LogP contribution in [-0.2, 0) is 17.1 Å². The van der Waals surface area contributed by atoms with Gasteiger partial charge in [0.2, 0.25) is 0 Å². The van der Waals surface area contributed by atoms with Crippen LogP contribution < -0.4 is 0 Å². The Bertz CT molecular complexity index is 48.5. The van der Waals surface area contributed by atoms with Crippen molar-refractivity contribution in [2.24, 2.45) is 0 Å². The monoisotopic (exact) mass is 291 g/mol. The minimum absolute atomic E-state index is 0. The van der Waals surface area contributed by atoms with Crippen LogP contribution in [0.4, 0.5) is 0 Å². The van der Waals surface area contributed by atoms with Gasteiger partial charge in [0.05, 0.1) is 0 Å². The quantitative estimate of drug-likeness (QED) is 0.354. The van der Waals surface area contributed by atoms with Crippen LogP contribution in [-0.4, -0.2) is 0 Å². The van der Waals surface area contributed by atoms with E-state index >= 15 is 0 Å². The number of hydrogen-bond acceptors (Lipinski definition) is 0. The van der Waals surface area contributed by atoms with Gasteiger partial charge in [0, 0.05) is 17.1 Å². The summed E-state index contributed by atoms with van der Waals surface area (Å²) in [5.74, 6) is 5.67. The van der Waals surface area contributed by atoms with Gasteiger partial charge in [-0.25, -0.2) is 0 Å². The predicted molar refractivity (Wildman–Crippen MR) is 81.1 cm³/mol. The average molecular weight is 292 g/mol. The molecule has 1 radical (unpaired) electrons. The van der Waals surface area contributed by atoms with E-state index in [0.29, 0.717) is 0 Å². The third-order valence-electron chi connectivity index (χ3n) is 0. The van der Waals surface area contributed by atoms with Crippen LogP contribution in [0, 0.1) is 23.7 Å². The molecule has 0 saturated heterocycles. The van der Waals surface area contributed by atoms with Crippen LogP contribution in [0.3, 0.4) is 0 Å². The smallest absolute Gasteiger partial charge is 0 e. The van der Waals surface area contributed by atoms with E-state index in [1.165, 1.54) is 23.7 Å². The van der Waals surface area contributed by atoms with E-state index in [4.69, 9.17) is 0 Å². The Kier molecular flexibility index (Phi) is 45.5. The third-order valence-corrected chi connectivity index (χ3v) is 0. The molecule has 0 saturated carbocycles. The van der Waals surface area contributed by atoms with Crippen molar-refractivity contribution in [1.29, 1.82) is 0 Å². The van der Waals surface area contributed by atoms with Crippen LogP contribution in [0.2, 0.25) is 0 Å². The van der Waals surface area contributed by atoms with E-state index < -0.39 is 0 Å². The molecule has 0 aliphatic carbocycles. The minimum atomic E-state index is 0. The summed E-state index contributed by atoms with van der Waals surface area (Å²) in [6, 6.07) is 0. The fraction of sp³-hybridized carbons (Fsp3) is 0.750. The Morgan fingerprint density at radius 1 is 0.294 bits per heavy atom. The molecule has 17 heavy (non-hydrogen) atoms. The van der Waals surface area contributed by atoms with E-state index in [1.54, 1.807) is 0 Å². The summed E-state index contributed by atoms with van der Waals surface area (Å²) in [4.78, 5) is 0. The van der Waals surface area contributed by atoms with E-state index in [1.807, 2.05) is 0 Å². The Balaban J connectivity index is -0.0000000369. The maximum Gasteiger partial charge on any atom is 0 e. The molecule has 0 aromatic heterocycles.